The van der Waals surface area contributed by atoms with Gasteiger partial charge in [0.25, 0.3) is 0 Å². The number of hydrogen-bond acceptors (Lipinski definition) is 2. The van der Waals surface area contributed by atoms with Crippen LogP contribution in [0.1, 0.15) is 50.3 Å². The molecule has 100 valence electrons. The zero-order valence-electron chi connectivity index (χ0n) is 11.6. The van der Waals surface area contributed by atoms with Gasteiger partial charge in [-0.3, -0.25) is 0 Å². The van der Waals surface area contributed by atoms with Crippen molar-refractivity contribution in [2.24, 2.45) is 0 Å². The van der Waals surface area contributed by atoms with E-state index in [0.717, 1.165) is 0 Å². The summed E-state index contributed by atoms with van der Waals surface area (Å²) in [7, 11) is 0. The fourth-order valence-electron chi connectivity index (χ4n) is 2.78. The molecule has 0 radical (unpaired) electrons. The highest BCUT2D eigenvalue weighted by molar-refractivity contribution is 7.99. The fraction of sp³-hybridized carbons (Fsp3) is 0.625. The lowest BCUT2D eigenvalue weighted by Crippen LogP contribution is -2.32. The van der Waals surface area contributed by atoms with Gasteiger partial charge in [-0.15, -0.1) is 0 Å². The Hall–Kier alpha value is -0.470. The highest BCUT2D eigenvalue weighted by Crippen LogP contribution is 2.29. The van der Waals surface area contributed by atoms with Crippen molar-refractivity contribution in [3.63, 3.8) is 0 Å². The summed E-state index contributed by atoms with van der Waals surface area (Å²) in [5.74, 6) is 2.43. The number of aryl methyl sites for hydroxylation is 1. The van der Waals surface area contributed by atoms with Gasteiger partial charge in [-0.1, -0.05) is 37.6 Å². The first-order chi connectivity index (χ1) is 8.81. The molecule has 0 amide bonds. The molecule has 0 fully saturated rings. The Labute approximate surface area is 116 Å². The SMILES string of the molecule is CCSCC(C)NC1CCCCc2ccccc21. The summed E-state index contributed by atoms with van der Waals surface area (Å²) in [4.78, 5) is 0. The Bertz CT molecular complexity index is 364. The zero-order chi connectivity index (χ0) is 12.8. The van der Waals surface area contributed by atoms with E-state index in [0.29, 0.717) is 12.1 Å². The van der Waals surface area contributed by atoms with Crippen LogP contribution in [-0.4, -0.2) is 17.5 Å². The maximum absolute atomic E-state index is 3.83. The van der Waals surface area contributed by atoms with Crippen LogP contribution in [0.2, 0.25) is 0 Å². The molecule has 1 N–H and O–H groups in total. The zero-order valence-corrected chi connectivity index (χ0v) is 12.4. The second-order valence-corrected chi connectivity index (χ2v) is 6.54. The number of benzene rings is 1. The van der Waals surface area contributed by atoms with Crippen molar-refractivity contribution in [1.29, 1.82) is 0 Å². The van der Waals surface area contributed by atoms with E-state index in [-0.39, 0.29) is 0 Å². The maximum atomic E-state index is 3.83. The summed E-state index contributed by atoms with van der Waals surface area (Å²) in [5, 5.41) is 3.83. The van der Waals surface area contributed by atoms with Crippen LogP contribution in [0.5, 0.6) is 0 Å². The van der Waals surface area contributed by atoms with E-state index < -0.39 is 0 Å². The highest BCUT2D eigenvalue weighted by Gasteiger charge is 2.19. The minimum absolute atomic E-state index is 0.566. The first-order valence-corrected chi connectivity index (χ1v) is 8.38. The smallest absolute Gasteiger partial charge is 0.0325 e. The number of thioether (sulfide) groups is 1. The van der Waals surface area contributed by atoms with Gasteiger partial charge < -0.3 is 5.32 Å². The number of nitrogens with one attached hydrogen (secondary N) is 1. The van der Waals surface area contributed by atoms with Crippen LogP contribution in [0.15, 0.2) is 24.3 Å². The van der Waals surface area contributed by atoms with Gasteiger partial charge in [0, 0.05) is 17.8 Å². The van der Waals surface area contributed by atoms with E-state index in [2.05, 4.69) is 43.4 Å². The molecule has 0 saturated heterocycles. The summed E-state index contributed by atoms with van der Waals surface area (Å²) in [6, 6.07) is 10.2. The summed E-state index contributed by atoms with van der Waals surface area (Å²) in [6.45, 7) is 4.55. The standard InChI is InChI=1S/C16H25NS/c1-3-18-12-13(2)17-16-11-7-5-9-14-8-4-6-10-15(14)16/h4,6,8,10,13,16-17H,3,5,7,9,11-12H2,1-2H3. The van der Waals surface area contributed by atoms with Crippen molar-refractivity contribution in [2.45, 2.75) is 51.6 Å². The second-order valence-electron chi connectivity index (χ2n) is 5.22. The predicted molar refractivity (Wildman–Crippen MR) is 82.3 cm³/mol. The van der Waals surface area contributed by atoms with Gasteiger partial charge in [0.05, 0.1) is 0 Å². The van der Waals surface area contributed by atoms with Crippen LogP contribution < -0.4 is 5.32 Å². The quantitative estimate of drug-likeness (QED) is 0.800. The molecule has 1 nitrogen and oxygen atoms in total. The molecule has 0 saturated carbocycles. The third-order valence-corrected chi connectivity index (χ3v) is 4.82. The molecule has 2 rings (SSSR count). The number of rotatable bonds is 5. The molecule has 0 bridgehead atoms. The normalized spacial score (nSPS) is 21.1. The average Bonchev–Trinajstić information content (AvgIpc) is 2.59. The molecule has 1 aromatic rings. The lowest BCUT2D eigenvalue weighted by molar-refractivity contribution is 0.449. The van der Waals surface area contributed by atoms with Crippen molar-refractivity contribution in [2.75, 3.05) is 11.5 Å². The van der Waals surface area contributed by atoms with Gasteiger partial charge in [-0.25, -0.2) is 0 Å². The maximum Gasteiger partial charge on any atom is 0.0325 e. The predicted octanol–water partition coefficient (Wildman–Crippen LogP) is 4.19. The van der Waals surface area contributed by atoms with E-state index in [9.17, 15) is 0 Å². The molecule has 0 aliphatic heterocycles. The van der Waals surface area contributed by atoms with Crippen LogP contribution in [-0.2, 0) is 6.42 Å². The summed E-state index contributed by atoms with van der Waals surface area (Å²) in [6.07, 6.45) is 5.23. The minimum Gasteiger partial charge on any atom is -0.307 e. The summed E-state index contributed by atoms with van der Waals surface area (Å²) >= 11 is 2.03. The van der Waals surface area contributed by atoms with E-state index in [1.165, 1.54) is 37.2 Å². The van der Waals surface area contributed by atoms with Gasteiger partial charge in [0.15, 0.2) is 0 Å². The molecule has 0 spiro atoms. The Kier molecular flexibility index (Phi) is 5.58. The number of fused-ring (bicyclic) bond motifs is 1. The highest BCUT2D eigenvalue weighted by atomic mass is 32.2. The molecular weight excluding hydrogens is 238 g/mol. The molecule has 1 aliphatic carbocycles. The Balaban J connectivity index is 2.03. The van der Waals surface area contributed by atoms with Crippen molar-refractivity contribution >= 4 is 11.8 Å². The van der Waals surface area contributed by atoms with Crippen LogP contribution >= 0.6 is 11.8 Å². The topological polar surface area (TPSA) is 12.0 Å². The van der Waals surface area contributed by atoms with Gasteiger partial charge in [0.2, 0.25) is 0 Å². The molecule has 2 atom stereocenters. The molecule has 1 aromatic carbocycles. The van der Waals surface area contributed by atoms with E-state index >= 15 is 0 Å². The third kappa shape index (κ3) is 3.76. The molecule has 1 aliphatic rings. The molecule has 2 heteroatoms. The number of hydrogen-bond donors (Lipinski definition) is 1. The minimum atomic E-state index is 0.566. The molecule has 0 heterocycles. The summed E-state index contributed by atoms with van der Waals surface area (Å²) in [5.41, 5.74) is 3.10. The first kappa shape index (κ1) is 14.0. The monoisotopic (exact) mass is 263 g/mol. The van der Waals surface area contributed by atoms with Crippen LogP contribution in [0, 0.1) is 0 Å². The van der Waals surface area contributed by atoms with Gasteiger partial charge in [-0.2, -0.15) is 11.8 Å². The van der Waals surface area contributed by atoms with Crippen molar-refractivity contribution in [3.8, 4) is 0 Å². The Morgan fingerprint density at radius 3 is 3.00 bits per heavy atom. The molecule has 2 unspecified atom stereocenters. The van der Waals surface area contributed by atoms with Crippen molar-refractivity contribution < 1.29 is 0 Å². The van der Waals surface area contributed by atoms with Gasteiger partial charge in [0.1, 0.15) is 0 Å². The lowest BCUT2D eigenvalue weighted by Gasteiger charge is -2.23. The van der Waals surface area contributed by atoms with Crippen LogP contribution in [0.25, 0.3) is 0 Å². The van der Waals surface area contributed by atoms with Gasteiger partial charge in [-0.05, 0) is 43.1 Å². The van der Waals surface area contributed by atoms with Gasteiger partial charge >= 0.3 is 0 Å². The second kappa shape index (κ2) is 7.20. The van der Waals surface area contributed by atoms with Crippen molar-refractivity contribution in [1.82, 2.24) is 5.32 Å². The van der Waals surface area contributed by atoms with Crippen molar-refractivity contribution in [3.05, 3.63) is 35.4 Å². The Morgan fingerprint density at radius 1 is 1.33 bits per heavy atom. The molecule has 0 aromatic heterocycles. The average molecular weight is 263 g/mol. The van der Waals surface area contributed by atoms with Crippen LogP contribution in [0.3, 0.4) is 0 Å². The fourth-order valence-corrected chi connectivity index (χ4v) is 3.47. The van der Waals surface area contributed by atoms with Crippen LogP contribution in [0.4, 0.5) is 0 Å². The van der Waals surface area contributed by atoms with E-state index in [4.69, 9.17) is 0 Å². The lowest BCUT2D eigenvalue weighted by atomic mass is 9.98. The van der Waals surface area contributed by atoms with E-state index in [1.807, 2.05) is 11.8 Å². The van der Waals surface area contributed by atoms with E-state index in [1.54, 1.807) is 11.1 Å². The Morgan fingerprint density at radius 2 is 2.17 bits per heavy atom. The molecule has 18 heavy (non-hydrogen) atoms. The molecular formula is C16H25NS. The largest absolute Gasteiger partial charge is 0.307 e. The third-order valence-electron chi connectivity index (χ3n) is 3.68. The summed E-state index contributed by atoms with van der Waals surface area (Å²) < 4.78 is 0. The first-order valence-electron chi connectivity index (χ1n) is 7.23.